The molecule has 0 saturated heterocycles. The van der Waals surface area contributed by atoms with Crippen LogP contribution in [0.3, 0.4) is 0 Å². The lowest BCUT2D eigenvalue weighted by molar-refractivity contribution is -0.386. The Hall–Kier alpha value is -3.03. The summed E-state index contributed by atoms with van der Waals surface area (Å²) in [6.07, 6.45) is -1.11. The van der Waals surface area contributed by atoms with E-state index in [1.165, 1.54) is 13.8 Å². The van der Waals surface area contributed by atoms with E-state index < -0.39 is 28.3 Å². The first kappa shape index (κ1) is 18.3. The van der Waals surface area contributed by atoms with Crippen molar-refractivity contribution in [2.75, 3.05) is 0 Å². The Morgan fingerprint density at radius 2 is 1.96 bits per heavy atom. The van der Waals surface area contributed by atoms with Crippen LogP contribution in [0, 0.1) is 29.8 Å². The van der Waals surface area contributed by atoms with E-state index in [4.69, 9.17) is 4.74 Å². The molecular formula is C17H17FN2O5. The largest absolute Gasteiger partial charge is 0.475 e. The predicted octanol–water partition coefficient (Wildman–Crippen LogP) is 3.53. The number of ketones is 2. The van der Waals surface area contributed by atoms with Crippen molar-refractivity contribution in [3.63, 3.8) is 0 Å². The molecule has 0 aliphatic rings. The Morgan fingerprint density at radius 1 is 1.32 bits per heavy atom. The average Bonchev–Trinajstić information content (AvgIpc) is 2.80. The van der Waals surface area contributed by atoms with Gasteiger partial charge in [-0.05, 0) is 39.3 Å². The number of nitrogens with zero attached hydrogens (tertiary/aromatic N) is 1. The second kappa shape index (κ2) is 6.84. The molecule has 0 bridgehead atoms. The van der Waals surface area contributed by atoms with Gasteiger partial charge in [-0.2, -0.15) is 0 Å². The molecule has 0 aliphatic heterocycles. The summed E-state index contributed by atoms with van der Waals surface area (Å²) in [6.45, 7) is 6.10. The number of aryl methyl sites for hydroxylation is 1. The maximum atomic E-state index is 13.4. The Balaban J connectivity index is 2.34. The molecule has 0 saturated carbocycles. The van der Waals surface area contributed by atoms with Gasteiger partial charge in [-0.15, -0.1) is 0 Å². The van der Waals surface area contributed by atoms with Gasteiger partial charge in [-0.3, -0.25) is 19.7 Å². The minimum absolute atomic E-state index is 0.181. The number of hydrogen-bond acceptors (Lipinski definition) is 5. The van der Waals surface area contributed by atoms with E-state index in [0.29, 0.717) is 16.8 Å². The molecule has 0 unspecified atom stereocenters. The normalized spacial score (nSPS) is 11.9. The summed E-state index contributed by atoms with van der Waals surface area (Å²) in [5, 5.41) is 11.0. The molecule has 7 nitrogen and oxygen atoms in total. The van der Waals surface area contributed by atoms with Crippen LogP contribution in [-0.4, -0.2) is 27.6 Å². The number of aromatic nitrogens is 1. The van der Waals surface area contributed by atoms with E-state index >= 15 is 0 Å². The molecule has 2 rings (SSSR count). The van der Waals surface area contributed by atoms with Crippen LogP contribution in [0.25, 0.3) is 0 Å². The third-order valence-corrected chi connectivity index (χ3v) is 3.83. The number of halogens is 1. The number of rotatable bonds is 6. The van der Waals surface area contributed by atoms with E-state index in [0.717, 1.165) is 18.2 Å². The number of aromatic amines is 1. The van der Waals surface area contributed by atoms with Crippen LogP contribution in [-0.2, 0) is 0 Å². The molecule has 0 fully saturated rings. The second-order valence-electron chi connectivity index (χ2n) is 5.67. The van der Waals surface area contributed by atoms with Crippen molar-refractivity contribution in [3.05, 3.63) is 56.6 Å². The number of carbonyl (C=O) groups excluding carboxylic acids is 2. The van der Waals surface area contributed by atoms with Crippen LogP contribution >= 0.6 is 0 Å². The van der Waals surface area contributed by atoms with Gasteiger partial charge in [0.1, 0.15) is 5.82 Å². The number of hydrogen-bond donors (Lipinski definition) is 1. The van der Waals surface area contributed by atoms with Crippen molar-refractivity contribution in [1.29, 1.82) is 0 Å². The van der Waals surface area contributed by atoms with E-state index in [2.05, 4.69) is 4.98 Å². The number of nitro groups is 1. The van der Waals surface area contributed by atoms with E-state index in [9.17, 15) is 24.1 Å². The first-order valence-corrected chi connectivity index (χ1v) is 7.48. The van der Waals surface area contributed by atoms with Crippen molar-refractivity contribution in [2.45, 2.75) is 33.8 Å². The van der Waals surface area contributed by atoms with Crippen LogP contribution in [0.1, 0.15) is 46.0 Å². The fourth-order valence-corrected chi connectivity index (χ4v) is 2.70. The minimum atomic E-state index is -1.11. The highest BCUT2D eigenvalue weighted by molar-refractivity contribution is 6.04. The average molecular weight is 348 g/mol. The third-order valence-electron chi connectivity index (χ3n) is 3.83. The molecule has 2 aromatic rings. The number of nitro benzene ring substituents is 1. The highest BCUT2D eigenvalue weighted by Crippen LogP contribution is 2.29. The van der Waals surface area contributed by atoms with Crippen LogP contribution < -0.4 is 4.74 Å². The topological polar surface area (TPSA) is 102 Å². The SMILES string of the molecule is CC(=O)c1c(C)[nH]c(C(=O)[C@@H](C)Oc2cc(F)ccc2[N+](=O)[O-])c1C. The Labute approximate surface area is 143 Å². The first-order valence-electron chi connectivity index (χ1n) is 7.48. The summed E-state index contributed by atoms with van der Waals surface area (Å²) in [6, 6.07) is 2.77. The van der Waals surface area contributed by atoms with E-state index in [-0.39, 0.29) is 17.2 Å². The maximum absolute atomic E-state index is 13.4. The molecule has 1 aromatic heterocycles. The molecule has 0 amide bonds. The minimum Gasteiger partial charge on any atom is -0.475 e. The Morgan fingerprint density at radius 3 is 2.48 bits per heavy atom. The van der Waals surface area contributed by atoms with Gasteiger partial charge in [0.05, 0.1) is 10.6 Å². The molecule has 0 aliphatic carbocycles. The summed E-state index contributed by atoms with van der Waals surface area (Å²) < 4.78 is 18.7. The zero-order chi connectivity index (χ0) is 18.9. The van der Waals surface area contributed by atoms with Gasteiger partial charge in [0.25, 0.3) is 0 Å². The molecule has 8 heteroatoms. The lowest BCUT2D eigenvalue weighted by Crippen LogP contribution is -2.25. The molecule has 1 atom stereocenters. The molecule has 1 aromatic carbocycles. The van der Waals surface area contributed by atoms with Gasteiger partial charge in [0.2, 0.25) is 11.5 Å². The number of carbonyl (C=O) groups is 2. The number of nitrogens with one attached hydrogen (secondary N) is 1. The van der Waals surface area contributed by atoms with Crippen molar-refractivity contribution in [2.24, 2.45) is 0 Å². The number of ether oxygens (including phenoxy) is 1. The Kier molecular flexibility index (Phi) is 5.01. The molecule has 0 spiro atoms. The lowest BCUT2D eigenvalue weighted by atomic mass is 10.0. The lowest BCUT2D eigenvalue weighted by Gasteiger charge is -2.13. The van der Waals surface area contributed by atoms with Crippen LogP contribution in [0.5, 0.6) is 5.75 Å². The quantitative estimate of drug-likeness (QED) is 0.489. The van der Waals surface area contributed by atoms with Crippen LogP contribution in [0.15, 0.2) is 18.2 Å². The monoisotopic (exact) mass is 348 g/mol. The second-order valence-corrected chi connectivity index (χ2v) is 5.67. The van der Waals surface area contributed by atoms with Crippen molar-refractivity contribution in [3.8, 4) is 5.75 Å². The molecular weight excluding hydrogens is 331 g/mol. The van der Waals surface area contributed by atoms with E-state index in [1.807, 2.05) is 0 Å². The zero-order valence-corrected chi connectivity index (χ0v) is 14.2. The molecule has 1 heterocycles. The van der Waals surface area contributed by atoms with Crippen LogP contribution in [0.2, 0.25) is 0 Å². The molecule has 132 valence electrons. The number of H-pyrrole nitrogens is 1. The van der Waals surface area contributed by atoms with Gasteiger partial charge < -0.3 is 9.72 Å². The van der Waals surface area contributed by atoms with Gasteiger partial charge in [0, 0.05) is 23.4 Å². The summed E-state index contributed by atoms with van der Waals surface area (Å²) in [4.78, 5) is 37.4. The van der Waals surface area contributed by atoms with Crippen molar-refractivity contribution >= 4 is 17.3 Å². The third kappa shape index (κ3) is 3.57. The van der Waals surface area contributed by atoms with Gasteiger partial charge in [-0.1, -0.05) is 0 Å². The molecule has 0 radical (unpaired) electrons. The zero-order valence-electron chi connectivity index (χ0n) is 14.2. The van der Waals surface area contributed by atoms with Crippen LogP contribution in [0.4, 0.5) is 10.1 Å². The molecule has 1 N–H and O–H groups in total. The van der Waals surface area contributed by atoms with Gasteiger partial charge in [-0.25, -0.2) is 4.39 Å². The highest BCUT2D eigenvalue weighted by Gasteiger charge is 2.27. The number of Topliss-reactive ketones (excluding diaryl/α,β-unsaturated/α-hetero) is 2. The first-order chi connectivity index (χ1) is 11.6. The Bertz CT molecular complexity index is 872. The number of benzene rings is 1. The molecule has 25 heavy (non-hydrogen) atoms. The van der Waals surface area contributed by atoms with Crippen molar-refractivity contribution < 1.29 is 23.6 Å². The van der Waals surface area contributed by atoms with Crippen molar-refractivity contribution in [1.82, 2.24) is 4.98 Å². The fraction of sp³-hybridized carbons (Fsp3) is 0.294. The standard InChI is InChI=1S/C17H17FN2O5/c1-8-15(10(3)21)9(2)19-16(8)17(22)11(4)25-14-7-12(18)5-6-13(14)20(23)24/h5-7,11,19H,1-4H3/t11-/m1/s1. The smallest absolute Gasteiger partial charge is 0.311 e. The fourth-order valence-electron chi connectivity index (χ4n) is 2.70. The predicted molar refractivity (Wildman–Crippen MR) is 87.7 cm³/mol. The van der Waals surface area contributed by atoms with Gasteiger partial charge >= 0.3 is 5.69 Å². The van der Waals surface area contributed by atoms with Gasteiger partial charge in [0.15, 0.2) is 11.9 Å². The summed E-state index contributed by atoms with van der Waals surface area (Å²) in [7, 11) is 0. The highest BCUT2D eigenvalue weighted by atomic mass is 19.1. The maximum Gasteiger partial charge on any atom is 0.311 e. The summed E-state index contributed by atoms with van der Waals surface area (Å²) in [5.74, 6) is -1.73. The summed E-state index contributed by atoms with van der Waals surface area (Å²) in [5.41, 5.74) is 1.21. The van der Waals surface area contributed by atoms with E-state index in [1.54, 1.807) is 13.8 Å². The summed E-state index contributed by atoms with van der Waals surface area (Å²) >= 11 is 0.